The van der Waals surface area contributed by atoms with E-state index in [9.17, 15) is 4.57 Å². The molecule has 1 atom stereocenters. The van der Waals surface area contributed by atoms with Gasteiger partial charge >= 0.3 is 7.60 Å². The van der Waals surface area contributed by atoms with E-state index in [4.69, 9.17) is 9.05 Å². The molecule has 0 aliphatic heterocycles. The third kappa shape index (κ3) is 7.23. The summed E-state index contributed by atoms with van der Waals surface area (Å²) in [6, 6.07) is 19.9. The molecule has 0 amide bonds. The second-order valence-corrected chi connectivity index (χ2v) is 8.71. The first kappa shape index (κ1) is 21.8. The zero-order valence-corrected chi connectivity index (χ0v) is 17.4. The van der Waals surface area contributed by atoms with Gasteiger partial charge in [-0.05, 0) is 24.0 Å². The van der Waals surface area contributed by atoms with Crippen LogP contribution in [0.3, 0.4) is 0 Å². The van der Waals surface area contributed by atoms with E-state index in [0.717, 1.165) is 36.8 Å². The van der Waals surface area contributed by atoms with E-state index in [2.05, 4.69) is 31.3 Å². The van der Waals surface area contributed by atoms with Crippen LogP contribution in [0.2, 0.25) is 0 Å². The molecule has 2 rings (SSSR count). The van der Waals surface area contributed by atoms with Gasteiger partial charge in [-0.15, -0.1) is 0 Å². The van der Waals surface area contributed by atoms with E-state index in [1.54, 1.807) is 0 Å². The van der Waals surface area contributed by atoms with Crippen molar-refractivity contribution in [1.29, 1.82) is 0 Å². The Morgan fingerprint density at radius 3 is 1.89 bits per heavy atom. The first-order valence-corrected chi connectivity index (χ1v) is 11.5. The summed E-state index contributed by atoms with van der Waals surface area (Å²) in [7, 11) is -3.36. The molecule has 0 aliphatic rings. The van der Waals surface area contributed by atoms with E-state index in [-0.39, 0.29) is 0 Å². The third-order valence-corrected chi connectivity index (χ3v) is 6.51. The molecule has 0 bridgehead atoms. The molecule has 2 aromatic carbocycles. The second kappa shape index (κ2) is 12.1. The fraction of sp³-hybridized carbons (Fsp3) is 0.455. The summed E-state index contributed by atoms with van der Waals surface area (Å²) in [5.41, 5.74) is 2.05. The standard InChI is InChI=1S/C22H32NO3P/c1-3-5-17-25-27(24,26-18-6-4-2)22(21-15-11-8-12-16-21)23-19-20-13-9-7-10-14-20/h7-16,22-23H,3-6,17-19H2,1-2H3/t22-/m0/s1. The number of hydrogen-bond donors (Lipinski definition) is 1. The van der Waals surface area contributed by atoms with E-state index in [0.29, 0.717) is 19.8 Å². The van der Waals surface area contributed by atoms with Crippen LogP contribution in [0.5, 0.6) is 0 Å². The van der Waals surface area contributed by atoms with Crippen molar-refractivity contribution in [3.8, 4) is 0 Å². The molecule has 4 nitrogen and oxygen atoms in total. The molecular formula is C22H32NO3P. The number of rotatable bonds is 13. The van der Waals surface area contributed by atoms with Crippen LogP contribution in [0.1, 0.15) is 56.4 Å². The predicted molar refractivity (Wildman–Crippen MR) is 112 cm³/mol. The summed E-state index contributed by atoms with van der Waals surface area (Å²) in [6.07, 6.45) is 3.70. The lowest BCUT2D eigenvalue weighted by atomic mass is 10.2. The van der Waals surface area contributed by atoms with Crippen LogP contribution in [-0.4, -0.2) is 13.2 Å². The van der Waals surface area contributed by atoms with Crippen LogP contribution >= 0.6 is 7.60 Å². The van der Waals surface area contributed by atoms with Gasteiger partial charge in [-0.2, -0.15) is 0 Å². The molecule has 0 fully saturated rings. The number of hydrogen-bond acceptors (Lipinski definition) is 4. The highest BCUT2D eigenvalue weighted by molar-refractivity contribution is 7.54. The van der Waals surface area contributed by atoms with Crippen molar-refractivity contribution >= 4 is 7.60 Å². The average Bonchev–Trinajstić information content (AvgIpc) is 2.70. The fourth-order valence-electron chi connectivity index (χ4n) is 2.72. The van der Waals surface area contributed by atoms with Crippen molar-refractivity contribution in [3.05, 3.63) is 71.8 Å². The Balaban J connectivity index is 2.23. The highest BCUT2D eigenvalue weighted by atomic mass is 31.2. The summed E-state index contributed by atoms with van der Waals surface area (Å²) in [6.45, 7) is 5.66. The van der Waals surface area contributed by atoms with Crippen LogP contribution in [0.15, 0.2) is 60.7 Å². The molecule has 148 valence electrons. The van der Waals surface area contributed by atoms with Crippen LogP contribution < -0.4 is 5.32 Å². The molecule has 0 aromatic heterocycles. The van der Waals surface area contributed by atoms with Crippen molar-refractivity contribution in [2.24, 2.45) is 0 Å². The lowest BCUT2D eigenvalue weighted by Gasteiger charge is -2.28. The van der Waals surface area contributed by atoms with Crippen LogP contribution in [0, 0.1) is 0 Å². The molecule has 5 heteroatoms. The van der Waals surface area contributed by atoms with Crippen LogP contribution in [0.25, 0.3) is 0 Å². The van der Waals surface area contributed by atoms with Gasteiger partial charge in [-0.1, -0.05) is 87.4 Å². The molecule has 1 N–H and O–H groups in total. The van der Waals surface area contributed by atoms with Gasteiger partial charge in [0.15, 0.2) is 0 Å². The minimum atomic E-state index is -3.36. The second-order valence-electron chi connectivity index (χ2n) is 6.59. The predicted octanol–water partition coefficient (Wildman–Crippen LogP) is 6.30. The van der Waals surface area contributed by atoms with Gasteiger partial charge in [0, 0.05) is 6.54 Å². The van der Waals surface area contributed by atoms with Gasteiger partial charge < -0.3 is 9.05 Å². The van der Waals surface area contributed by atoms with Crippen molar-refractivity contribution in [3.63, 3.8) is 0 Å². The lowest BCUT2D eigenvalue weighted by Crippen LogP contribution is -2.23. The highest BCUT2D eigenvalue weighted by Crippen LogP contribution is 2.60. The van der Waals surface area contributed by atoms with Crippen LogP contribution in [0.4, 0.5) is 0 Å². The summed E-state index contributed by atoms with van der Waals surface area (Å²) in [5, 5.41) is 3.43. The minimum Gasteiger partial charge on any atom is -0.307 e. The minimum absolute atomic E-state index is 0.441. The summed E-state index contributed by atoms with van der Waals surface area (Å²) in [4.78, 5) is 0. The molecule has 2 aromatic rings. The third-order valence-electron chi connectivity index (χ3n) is 4.31. The van der Waals surface area contributed by atoms with Gasteiger partial charge in [-0.25, -0.2) is 0 Å². The van der Waals surface area contributed by atoms with Gasteiger partial charge in [0.1, 0.15) is 5.78 Å². The SMILES string of the molecule is CCCCOP(=O)(OCCCC)[C@H](NCc1ccccc1)c1ccccc1. The van der Waals surface area contributed by atoms with Crippen LogP contribution in [-0.2, 0) is 20.2 Å². The quantitative estimate of drug-likeness (QED) is 0.322. The normalized spacial score (nSPS) is 12.8. The van der Waals surface area contributed by atoms with Crippen molar-refractivity contribution in [2.45, 2.75) is 51.9 Å². The summed E-state index contributed by atoms with van der Waals surface area (Å²) in [5.74, 6) is -0.493. The zero-order valence-electron chi connectivity index (χ0n) is 16.5. The van der Waals surface area contributed by atoms with Crippen molar-refractivity contribution in [2.75, 3.05) is 13.2 Å². The molecule has 0 saturated carbocycles. The summed E-state index contributed by atoms with van der Waals surface area (Å²) < 4.78 is 25.6. The first-order chi connectivity index (χ1) is 13.2. The Labute approximate surface area is 163 Å². The molecule has 0 unspecified atom stereocenters. The fourth-order valence-corrected chi connectivity index (χ4v) is 4.71. The molecule has 0 radical (unpaired) electrons. The molecule has 0 aliphatic carbocycles. The van der Waals surface area contributed by atoms with Gasteiger partial charge in [-0.3, -0.25) is 9.88 Å². The van der Waals surface area contributed by atoms with E-state index >= 15 is 0 Å². The molecule has 0 spiro atoms. The first-order valence-electron chi connectivity index (χ1n) is 9.90. The number of unbranched alkanes of at least 4 members (excludes halogenated alkanes) is 2. The monoisotopic (exact) mass is 389 g/mol. The Morgan fingerprint density at radius 1 is 0.852 bits per heavy atom. The van der Waals surface area contributed by atoms with Gasteiger partial charge in [0.05, 0.1) is 13.2 Å². The Kier molecular flexibility index (Phi) is 9.79. The molecule has 27 heavy (non-hydrogen) atoms. The Bertz CT molecular complexity index is 664. The maximum atomic E-state index is 13.8. The number of benzene rings is 2. The van der Waals surface area contributed by atoms with Gasteiger partial charge in [0.2, 0.25) is 0 Å². The van der Waals surface area contributed by atoms with E-state index in [1.165, 1.54) is 0 Å². The maximum Gasteiger partial charge on any atom is 0.351 e. The van der Waals surface area contributed by atoms with Crippen molar-refractivity contribution in [1.82, 2.24) is 5.32 Å². The molecule has 0 saturated heterocycles. The van der Waals surface area contributed by atoms with E-state index < -0.39 is 13.4 Å². The Morgan fingerprint density at radius 2 is 1.37 bits per heavy atom. The maximum absolute atomic E-state index is 13.8. The highest BCUT2D eigenvalue weighted by Gasteiger charge is 2.37. The molecular weight excluding hydrogens is 357 g/mol. The molecule has 0 heterocycles. The Hall–Kier alpha value is -1.45. The smallest absolute Gasteiger partial charge is 0.307 e. The van der Waals surface area contributed by atoms with Gasteiger partial charge in [0.25, 0.3) is 0 Å². The average molecular weight is 389 g/mol. The van der Waals surface area contributed by atoms with E-state index in [1.807, 2.05) is 48.5 Å². The topological polar surface area (TPSA) is 47.6 Å². The lowest BCUT2D eigenvalue weighted by molar-refractivity contribution is 0.188. The zero-order chi connectivity index (χ0) is 19.4. The summed E-state index contributed by atoms with van der Waals surface area (Å²) >= 11 is 0. The number of nitrogens with one attached hydrogen (secondary N) is 1. The largest absolute Gasteiger partial charge is 0.351 e. The van der Waals surface area contributed by atoms with Crippen molar-refractivity contribution < 1.29 is 13.6 Å².